The van der Waals surface area contributed by atoms with Crippen LogP contribution in [0.15, 0.2) is 48.8 Å². The van der Waals surface area contributed by atoms with E-state index in [-0.39, 0.29) is 5.91 Å². The number of anilines is 2. The van der Waals surface area contributed by atoms with Crippen molar-refractivity contribution in [2.75, 3.05) is 18.4 Å². The van der Waals surface area contributed by atoms with E-state index < -0.39 is 6.10 Å². The number of nitrogens with one attached hydrogen (secondary N) is 1. The summed E-state index contributed by atoms with van der Waals surface area (Å²) in [6, 6.07) is 13.5. The molecule has 1 aliphatic rings. The van der Waals surface area contributed by atoms with Crippen LogP contribution in [0.3, 0.4) is 0 Å². The molecular weight excluding hydrogens is 328 g/mol. The molecule has 0 aliphatic carbocycles. The third kappa shape index (κ3) is 3.23. The van der Waals surface area contributed by atoms with E-state index >= 15 is 0 Å². The second-order valence-electron chi connectivity index (χ2n) is 6.64. The zero-order valence-corrected chi connectivity index (χ0v) is 14.5. The number of fused-ring (bicyclic) bond motifs is 1. The van der Waals surface area contributed by atoms with Gasteiger partial charge >= 0.3 is 0 Å². The number of hydrogen-bond donors (Lipinski definition) is 2. The maximum Gasteiger partial charge on any atom is 0.254 e. The van der Waals surface area contributed by atoms with E-state index in [0.717, 1.165) is 11.1 Å². The molecular formula is C20H20N4O2. The Hall–Kier alpha value is -2.99. The van der Waals surface area contributed by atoms with Crippen LogP contribution in [0.1, 0.15) is 22.3 Å². The molecule has 2 N–H and O–H groups in total. The molecule has 0 radical (unpaired) electrons. The summed E-state index contributed by atoms with van der Waals surface area (Å²) in [6.07, 6.45) is 1.70. The lowest BCUT2D eigenvalue weighted by Gasteiger charge is -2.16. The molecule has 0 spiro atoms. The summed E-state index contributed by atoms with van der Waals surface area (Å²) >= 11 is 0. The van der Waals surface area contributed by atoms with Gasteiger partial charge in [0, 0.05) is 29.7 Å². The predicted octanol–water partition coefficient (Wildman–Crippen LogP) is 2.89. The number of hydrogen-bond acceptors (Lipinski definition) is 5. The first-order valence-corrected chi connectivity index (χ1v) is 8.66. The first kappa shape index (κ1) is 16.5. The normalized spacial score (nSPS) is 16.8. The Morgan fingerprint density at radius 1 is 1.19 bits per heavy atom. The molecule has 26 heavy (non-hydrogen) atoms. The number of aliphatic hydroxyl groups is 1. The van der Waals surface area contributed by atoms with Crippen molar-refractivity contribution in [1.82, 2.24) is 14.9 Å². The van der Waals surface area contributed by atoms with Crippen molar-refractivity contribution < 1.29 is 9.90 Å². The smallest absolute Gasteiger partial charge is 0.254 e. The summed E-state index contributed by atoms with van der Waals surface area (Å²) in [4.78, 5) is 22.9. The van der Waals surface area contributed by atoms with E-state index in [1.165, 1.54) is 11.9 Å². The molecule has 3 aromatic rings. The Bertz CT molecular complexity index is 956. The van der Waals surface area contributed by atoms with Gasteiger partial charge in [-0.15, -0.1) is 0 Å². The van der Waals surface area contributed by atoms with Gasteiger partial charge in [0.25, 0.3) is 5.91 Å². The van der Waals surface area contributed by atoms with Gasteiger partial charge in [0.15, 0.2) is 0 Å². The standard InChI is InChI=1S/C20H20N4O2/c1-13-2-5-15(6-3-13)23-19-17-7-4-14(10-18(17)21-12-22-19)20(26)24-9-8-16(25)11-24/h2-7,10,12,16,25H,8-9,11H2,1H3,(H,21,22,23). The molecule has 1 unspecified atom stereocenters. The van der Waals surface area contributed by atoms with Gasteiger partial charge in [0.05, 0.1) is 11.6 Å². The third-order valence-corrected chi connectivity index (χ3v) is 4.65. The highest BCUT2D eigenvalue weighted by Gasteiger charge is 2.25. The van der Waals surface area contributed by atoms with Crippen molar-refractivity contribution in [3.63, 3.8) is 0 Å². The van der Waals surface area contributed by atoms with Crippen LogP contribution in [-0.4, -0.2) is 45.1 Å². The van der Waals surface area contributed by atoms with Crippen LogP contribution < -0.4 is 5.32 Å². The van der Waals surface area contributed by atoms with Crippen molar-refractivity contribution in [2.45, 2.75) is 19.4 Å². The minimum Gasteiger partial charge on any atom is -0.391 e. The lowest BCUT2D eigenvalue weighted by molar-refractivity contribution is 0.0765. The zero-order valence-electron chi connectivity index (χ0n) is 14.5. The number of likely N-dealkylation sites (tertiary alicyclic amines) is 1. The third-order valence-electron chi connectivity index (χ3n) is 4.65. The molecule has 1 amide bonds. The molecule has 1 atom stereocenters. The van der Waals surface area contributed by atoms with Crippen molar-refractivity contribution in [1.29, 1.82) is 0 Å². The molecule has 0 bridgehead atoms. The average molecular weight is 348 g/mol. The van der Waals surface area contributed by atoms with Gasteiger partial charge in [-0.1, -0.05) is 17.7 Å². The fraction of sp³-hybridized carbons (Fsp3) is 0.250. The van der Waals surface area contributed by atoms with Crippen molar-refractivity contribution in [2.24, 2.45) is 0 Å². The molecule has 132 valence electrons. The van der Waals surface area contributed by atoms with Crippen LogP contribution in [-0.2, 0) is 0 Å². The number of carbonyl (C=O) groups is 1. The highest BCUT2D eigenvalue weighted by Crippen LogP contribution is 2.25. The van der Waals surface area contributed by atoms with Crippen LogP contribution in [0, 0.1) is 6.92 Å². The maximum absolute atomic E-state index is 12.6. The molecule has 1 saturated heterocycles. The molecule has 2 aromatic carbocycles. The zero-order chi connectivity index (χ0) is 18.1. The van der Waals surface area contributed by atoms with Crippen LogP contribution >= 0.6 is 0 Å². The minimum absolute atomic E-state index is 0.0740. The molecule has 1 fully saturated rings. The number of rotatable bonds is 3. The topological polar surface area (TPSA) is 78.4 Å². The fourth-order valence-electron chi connectivity index (χ4n) is 3.17. The number of aromatic nitrogens is 2. The Morgan fingerprint density at radius 3 is 2.73 bits per heavy atom. The Kier molecular flexibility index (Phi) is 4.26. The SMILES string of the molecule is Cc1ccc(Nc2ncnc3cc(C(=O)N4CCC(O)C4)ccc23)cc1. The Morgan fingerprint density at radius 2 is 2.00 bits per heavy atom. The van der Waals surface area contributed by atoms with Gasteiger partial charge < -0.3 is 15.3 Å². The van der Waals surface area contributed by atoms with E-state index in [9.17, 15) is 9.90 Å². The molecule has 1 aliphatic heterocycles. The van der Waals surface area contributed by atoms with E-state index in [1.807, 2.05) is 37.3 Å². The number of benzene rings is 2. The first-order valence-electron chi connectivity index (χ1n) is 8.66. The Balaban J connectivity index is 1.63. The average Bonchev–Trinajstić information content (AvgIpc) is 3.09. The number of carbonyl (C=O) groups excluding carboxylic acids is 1. The van der Waals surface area contributed by atoms with Crippen LogP contribution in [0.2, 0.25) is 0 Å². The van der Waals surface area contributed by atoms with Gasteiger partial charge in [-0.25, -0.2) is 9.97 Å². The molecule has 6 heteroatoms. The monoisotopic (exact) mass is 348 g/mol. The maximum atomic E-state index is 12.6. The van der Waals surface area contributed by atoms with Gasteiger partial charge in [0.2, 0.25) is 0 Å². The van der Waals surface area contributed by atoms with Gasteiger partial charge in [-0.3, -0.25) is 4.79 Å². The minimum atomic E-state index is -0.424. The predicted molar refractivity (Wildman–Crippen MR) is 101 cm³/mol. The van der Waals surface area contributed by atoms with E-state index in [2.05, 4.69) is 15.3 Å². The summed E-state index contributed by atoms with van der Waals surface area (Å²) < 4.78 is 0. The molecule has 4 rings (SSSR count). The quantitative estimate of drug-likeness (QED) is 0.761. The molecule has 6 nitrogen and oxygen atoms in total. The number of aliphatic hydroxyl groups excluding tert-OH is 1. The fourth-order valence-corrected chi connectivity index (χ4v) is 3.17. The summed E-state index contributed by atoms with van der Waals surface area (Å²) in [5, 5.41) is 13.8. The summed E-state index contributed by atoms with van der Waals surface area (Å²) in [6.45, 7) is 3.02. The Labute approximate surface area is 151 Å². The second-order valence-corrected chi connectivity index (χ2v) is 6.64. The highest BCUT2D eigenvalue weighted by atomic mass is 16.3. The number of aryl methyl sites for hydroxylation is 1. The molecule has 1 aromatic heterocycles. The number of β-amino-alcohol motifs (C(OH)–C–C–N with tert-alkyl or cyclic N) is 1. The lowest BCUT2D eigenvalue weighted by Crippen LogP contribution is -2.29. The summed E-state index contributed by atoms with van der Waals surface area (Å²) in [5.74, 6) is 0.629. The van der Waals surface area contributed by atoms with E-state index in [1.54, 1.807) is 17.0 Å². The van der Waals surface area contributed by atoms with Crippen molar-refractivity contribution >= 4 is 28.3 Å². The van der Waals surface area contributed by atoms with Crippen LogP contribution in [0.25, 0.3) is 10.9 Å². The summed E-state index contributed by atoms with van der Waals surface area (Å²) in [7, 11) is 0. The highest BCUT2D eigenvalue weighted by molar-refractivity contribution is 6.00. The van der Waals surface area contributed by atoms with Gasteiger partial charge in [0.1, 0.15) is 12.1 Å². The first-order chi connectivity index (χ1) is 12.6. The van der Waals surface area contributed by atoms with E-state index in [4.69, 9.17) is 0 Å². The van der Waals surface area contributed by atoms with E-state index in [0.29, 0.717) is 36.4 Å². The molecule has 0 saturated carbocycles. The van der Waals surface area contributed by atoms with Gasteiger partial charge in [-0.05, 0) is 43.7 Å². The number of nitrogens with zero attached hydrogens (tertiary/aromatic N) is 3. The largest absolute Gasteiger partial charge is 0.391 e. The second kappa shape index (κ2) is 6.72. The lowest BCUT2D eigenvalue weighted by atomic mass is 10.1. The summed E-state index contributed by atoms with van der Waals surface area (Å²) in [5.41, 5.74) is 3.42. The van der Waals surface area contributed by atoms with Crippen LogP contribution in [0.5, 0.6) is 0 Å². The van der Waals surface area contributed by atoms with Crippen LogP contribution in [0.4, 0.5) is 11.5 Å². The molecule has 2 heterocycles. The number of amides is 1. The van der Waals surface area contributed by atoms with Crippen molar-refractivity contribution in [3.8, 4) is 0 Å². The van der Waals surface area contributed by atoms with Crippen molar-refractivity contribution in [3.05, 3.63) is 59.9 Å². The van der Waals surface area contributed by atoms with Gasteiger partial charge in [-0.2, -0.15) is 0 Å².